The van der Waals surface area contributed by atoms with Crippen LogP contribution in [0.3, 0.4) is 0 Å². The summed E-state index contributed by atoms with van der Waals surface area (Å²) in [6.07, 6.45) is 0. The van der Waals surface area contributed by atoms with E-state index in [9.17, 15) is 14.4 Å². The maximum Gasteiger partial charge on any atom is 0.271 e. The highest BCUT2D eigenvalue weighted by Gasteiger charge is 2.45. The molecule has 0 saturated heterocycles. The Labute approximate surface area is 181 Å². The minimum Gasteiger partial charge on any atom is -0.350 e. The van der Waals surface area contributed by atoms with E-state index >= 15 is 0 Å². The highest BCUT2D eigenvalue weighted by atomic mass is 16.2. The molecule has 2 aromatic carbocycles. The molecule has 1 aliphatic heterocycles. The summed E-state index contributed by atoms with van der Waals surface area (Å²) in [5, 5.41) is 6.48. The fourth-order valence-electron chi connectivity index (χ4n) is 4.03. The van der Waals surface area contributed by atoms with Gasteiger partial charge in [-0.05, 0) is 31.5 Å². The van der Waals surface area contributed by atoms with E-state index in [1.165, 1.54) is 4.90 Å². The molecule has 0 aliphatic carbocycles. The second-order valence-corrected chi connectivity index (χ2v) is 8.26. The van der Waals surface area contributed by atoms with Crippen molar-refractivity contribution in [3.63, 3.8) is 0 Å². The molecular weight excluding hydrogens is 392 g/mol. The van der Waals surface area contributed by atoms with E-state index in [-0.39, 0.29) is 24.3 Å². The lowest BCUT2D eigenvalue weighted by atomic mass is 9.95. The molecule has 31 heavy (non-hydrogen) atoms. The normalized spacial score (nSPS) is 18.0. The second-order valence-electron chi connectivity index (χ2n) is 8.26. The number of benzene rings is 2. The van der Waals surface area contributed by atoms with E-state index in [1.54, 1.807) is 14.0 Å². The number of para-hydroxylation sites is 1. The second kappa shape index (κ2) is 7.91. The largest absolute Gasteiger partial charge is 0.350 e. The van der Waals surface area contributed by atoms with Gasteiger partial charge in [-0.25, -0.2) is 0 Å². The van der Waals surface area contributed by atoms with Crippen LogP contribution in [0.1, 0.15) is 28.5 Å². The molecular formula is C24H26N4O3. The molecule has 160 valence electrons. The van der Waals surface area contributed by atoms with Crippen molar-refractivity contribution in [2.24, 2.45) is 0 Å². The zero-order valence-corrected chi connectivity index (χ0v) is 17.9. The predicted molar refractivity (Wildman–Crippen MR) is 118 cm³/mol. The van der Waals surface area contributed by atoms with Crippen molar-refractivity contribution in [3.05, 3.63) is 71.4 Å². The number of rotatable bonds is 5. The molecule has 1 aliphatic rings. The van der Waals surface area contributed by atoms with Gasteiger partial charge in [-0.2, -0.15) is 0 Å². The maximum absolute atomic E-state index is 13.1. The van der Waals surface area contributed by atoms with Crippen LogP contribution in [-0.4, -0.2) is 46.3 Å². The number of hydrogen-bond donors (Lipinski definition) is 2. The third-order valence-corrected chi connectivity index (χ3v) is 6.01. The number of likely N-dealkylation sites (N-methyl/N-ethyl adjacent to an activating group) is 1. The number of aryl methyl sites for hydroxylation is 1. The van der Waals surface area contributed by atoms with E-state index in [1.807, 2.05) is 66.1 Å². The van der Waals surface area contributed by atoms with Gasteiger partial charge in [0, 0.05) is 24.5 Å². The average Bonchev–Trinajstić information content (AvgIpc) is 3.13. The van der Waals surface area contributed by atoms with Gasteiger partial charge in [-0.15, -0.1) is 0 Å². The Balaban J connectivity index is 1.44. The van der Waals surface area contributed by atoms with Crippen LogP contribution >= 0.6 is 0 Å². The van der Waals surface area contributed by atoms with Gasteiger partial charge in [0.2, 0.25) is 11.8 Å². The highest BCUT2D eigenvalue weighted by molar-refractivity contribution is 6.03. The zero-order valence-electron chi connectivity index (χ0n) is 17.9. The number of nitrogens with zero attached hydrogens (tertiary/aromatic N) is 2. The molecule has 7 nitrogen and oxygen atoms in total. The Morgan fingerprint density at radius 1 is 1.06 bits per heavy atom. The first-order valence-electron chi connectivity index (χ1n) is 10.3. The number of nitrogens with one attached hydrogen (secondary N) is 2. The highest BCUT2D eigenvalue weighted by Crippen LogP contribution is 2.31. The van der Waals surface area contributed by atoms with E-state index < -0.39 is 5.54 Å². The summed E-state index contributed by atoms with van der Waals surface area (Å²) in [5.41, 5.74) is 2.48. The Morgan fingerprint density at radius 3 is 2.61 bits per heavy atom. The summed E-state index contributed by atoms with van der Waals surface area (Å²) in [7, 11) is 1.63. The molecule has 0 spiro atoms. The number of amides is 3. The Morgan fingerprint density at radius 2 is 1.84 bits per heavy atom. The van der Waals surface area contributed by atoms with E-state index in [0.29, 0.717) is 18.8 Å². The lowest BCUT2D eigenvalue weighted by molar-refractivity contribution is -0.134. The van der Waals surface area contributed by atoms with Crippen molar-refractivity contribution in [2.45, 2.75) is 32.5 Å². The van der Waals surface area contributed by atoms with Crippen LogP contribution in [0.5, 0.6) is 0 Å². The summed E-state index contributed by atoms with van der Waals surface area (Å²) in [6, 6.07) is 17.4. The molecule has 3 aromatic rings. The summed E-state index contributed by atoms with van der Waals surface area (Å²) >= 11 is 0. The number of carbonyl (C=O) groups is 3. The van der Waals surface area contributed by atoms with Crippen molar-refractivity contribution in [2.75, 3.05) is 13.6 Å². The number of hydrogen-bond acceptors (Lipinski definition) is 3. The molecule has 4 rings (SSSR count). The molecule has 0 bridgehead atoms. The number of carbonyl (C=O) groups excluding carboxylic acids is 3. The van der Waals surface area contributed by atoms with Crippen molar-refractivity contribution in [1.29, 1.82) is 0 Å². The molecule has 1 unspecified atom stereocenters. The SMILES string of the molecule is Cc1cccc(CNC(=O)CNC(=O)C2(C)Cn3c(cc4ccccc43)C(=O)N2C)c1. The standard InChI is InChI=1S/C24H26N4O3/c1-16-7-6-8-17(11-16)13-25-21(29)14-26-23(31)24(2)15-28-19-10-5-4-9-18(19)12-20(28)22(30)27(24)3/h4-12H,13-15H2,1-3H3,(H,25,29)(H,26,31). The summed E-state index contributed by atoms with van der Waals surface area (Å²) in [4.78, 5) is 39.8. The van der Waals surface area contributed by atoms with Gasteiger partial charge in [0.25, 0.3) is 5.91 Å². The molecule has 7 heteroatoms. The molecule has 0 saturated carbocycles. The zero-order chi connectivity index (χ0) is 22.2. The molecule has 2 heterocycles. The first-order chi connectivity index (χ1) is 14.8. The molecule has 1 aromatic heterocycles. The van der Waals surface area contributed by atoms with Crippen LogP contribution in [0.4, 0.5) is 0 Å². The van der Waals surface area contributed by atoms with Crippen LogP contribution in [0.15, 0.2) is 54.6 Å². The van der Waals surface area contributed by atoms with Gasteiger partial charge in [0.05, 0.1) is 13.1 Å². The molecule has 2 N–H and O–H groups in total. The van der Waals surface area contributed by atoms with Gasteiger partial charge in [0.15, 0.2) is 0 Å². The van der Waals surface area contributed by atoms with Crippen LogP contribution in [0, 0.1) is 6.92 Å². The van der Waals surface area contributed by atoms with Crippen molar-refractivity contribution >= 4 is 28.6 Å². The van der Waals surface area contributed by atoms with Gasteiger partial charge >= 0.3 is 0 Å². The fraction of sp³-hybridized carbons (Fsp3) is 0.292. The van der Waals surface area contributed by atoms with Crippen molar-refractivity contribution < 1.29 is 14.4 Å². The smallest absolute Gasteiger partial charge is 0.271 e. The van der Waals surface area contributed by atoms with Gasteiger partial charge in [-0.3, -0.25) is 14.4 Å². The Bertz CT molecular complexity index is 1180. The molecule has 3 amide bonds. The van der Waals surface area contributed by atoms with Gasteiger partial charge in [-0.1, -0.05) is 48.0 Å². The predicted octanol–water partition coefficient (Wildman–Crippen LogP) is 2.23. The number of aromatic nitrogens is 1. The van der Waals surface area contributed by atoms with Crippen molar-refractivity contribution in [3.8, 4) is 0 Å². The lowest BCUT2D eigenvalue weighted by Crippen LogP contribution is -2.63. The first kappa shape index (κ1) is 20.7. The summed E-state index contributed by atoms with van der Waals surface area (Å²) < 4.78 is 1.88. The minimum atomic E-state index is -1.11. The van der Waals surface area contributed by atoms with Crippen LogP contribution in [-0.2, 0) is 22.7 Å². The fourth-order valence-corrected chi connectivity index (χ4v) is 4.03. The minimum absolute atomic E-state index is 0.151. The maximum atomic E-state index is 13.1. The Kier molecular flexibility index (Phi) is 5.27. The first-order valence-corrected chi connectivity index (χ1v) is 10.3. The average molecular weight is 418 g/mol. The topological polar surface area (TPSA) is 83.4 Å². The van der Waals surface area contributed by atoms with Gasteiger partial charge < -0.3 is 20.1 Å². The third-order valence-electron chi connectivity index (χ3n) is 6.01. The third kappa shape index (κ3) is 3.79. The molecule has 1 atom stereocenters. The van der Waals surface area contributed by atoms with Gasteiger partial charge in [0.1, 0.15) is 11.2 Å². The Hall–Kier alpha value is -3.61. The molecule has 0 fully saturated rings. The number of fused-ring (bicyclic) bond motifs is 3. The monoisotopic (exact) mass is 418 g/mol. The quantitative estimate of drug-likeness (QED) is 0.667. The lowest BCUT2D eigenvalue weighted by Gasteiger charge is -2.41. The van der Waals surface area contributed by atoms with Crippen LogP contribution in [0.2, 0.25) is 0 Å². The van der Waals surface area contributed by atoms with Crippen LogP contribution in [0.25, 0.3) is 10.9 Å². The van der Waals surface area contributed by atoms with E-state index in [4.69, 9.17) is 0 Å². The summed E-state index contributed by atoms with van der Waals surface area (Å²) in [6.45, 7) is 4.28. The molecule has 0 radical (unpaired) electrons. The summed E-state index contributed by atoms with van der Waals surface area (Å²) in [5.74, 6) is -0.864. The van der Waals surface area contributed by atoms with Crippen molar-refractivity contribution in [1.82, 2.24) is 20.1 Å². The van der Waals surface area contributed by atoms with E-state index in [2.05, 4.69) is 10.6 Å². The van der Waals surface area contributed by atoms with Crippen LogP contribution < -0.4 is 10.6 Å². The van der Waals surface area contributed by atoms with E-state index in [0.717, 1.165) is 22.0 Å².